The van der Waals surface area contributed by atoms with E-state index in [0.29, 0.717) is 24.9 Å². The van der Waals surface area contributed by atoms with Gasteiger partial charge in [-0.05, 0) is 53.6 Å². The quantitative estimate of drug-likeness (QED) is 0.375. The Hall–Kier alpha value is -4.13. The third kappa shape index (κ3) is 5.87. The molecule has 0 heterocycles. The van der Waals surface area contributed by atoms with Gasteiger partial charge in [-0.25, -0.2) is 9.59 Å². The lowest BCUT2D eigenvalue weighted by Crippen LogP contribution is -2.41. The van der Waals surface area contributed by atoms with E-state index in [1.54, 1.807) is 24.3 Å². The highest BCUT2D eigenvalue weighted by atomic mass is 16.5. The van der Waals surface area contributed by atoms with E-state index in [0.717, 1.165) is 22.3 Å². The average Bonchev–Trinajstić information content (AvgIpc) is 3.20. The number of alkyl carbamates (subject to hydrolysis) is 1. The topological polar surface area (TPSA) is 105 Å². The monoisotopic (exact) mass is 472 g/mol. The molecule has 1 aliphatic carbocycles. The van der Waals surface area contributed by atoms with Gasteiger partial charge in [0.25, 0.3) is 5.91 Å². The van der Waals surface area contributed by atoms with Gasteiger partial charge in [-0.1, -0.05) is 66.7 Å². The van der Waals surface area contributed by atoms with Crippen LogP contribution in [-0.2, 0) is 9.53 Å². The molecule has 4 rings (SSSR count). The Bertz CT molecular complexity index is 1150. The molecule has 0 fully saturated rings. The fraction of sp³-hybridized carbons (Fsp3) is 0.250. The number of ether oxygens (including phenoxy) is 1. The number of carbonyl (C=O) groups excluding carboxylic acids is 2. The number of aliphatic carboxylic acids is 1. The number of benzene rings is 3. The maximum absolute atomic E-state index is 12.4. The molecular weight excluding hydrogens is 444 g/mol. The van der Waals surface area contributed by atoms with E-state index >= 15 is 0 Å². The molecule has 180 valence electrons. The van der Waals surface area contributed by atoms with Crippen molar-refractivity contribution in [2.45, 2.75) is 31.2 Å². The van der Waals surface area contributed by atoms with Crippen molar-refractivity contribution < 1.29 is 24.2 Å². The lowest BCUT2D eigenvalue weighted by Gasteiger charge is -2.17. The molecule has 1 aliphatic rings. The Morgan fingerprint density at radius 1 is 0.829 bits per heavy atom. The van der Waals surface area contributed by atoms with Crippen LogP contribution in [-0.4, -0.2) is 42.3 Å². The summed E-state index contributed by atoms with van der Waals surface area (Å²) < 4.78 is 5.46. The summed E-state index contributed by atoms with van der Waals surface area (Å²) in [5, 5.41) is 14.8. The van der Waals surface area contributed by atoms with Crippen molar-refractivity contribution in [2.75, 3.05) is 13.2 Å². The van der Waals surface area contributed by atoms with Gasteiger partial charge < -0.3 is 20.5 Å². The summed E-state index contributed by atoms with van der Waals surface area (Å²) in [5.74, 6) is -1.38. The van der Waals surface area contributed by atoms with Gasteiger partial charge in [0, 0.05) is 18.0 Å². The first-order valence-corrected chi connectivity index (χ1v) is 11.7. The molecule has 0 aliphatic heterocycles. The van der Waals surface area contributed by atoms with Gasteiger partial charge in [-0.15, -0.1) is 0 Å². The summed E-state index contributed by atoms with van der Waals surface area (Å²) in [5.41, 5.74) is 5.01. The van der Waals surface area contributed by atoms with Gasteiger partial charge in [-0.2, -0.15) is 0 Å². The lowest BCUT2D eigenvalue weighted by atomic mass is 9.98. The average molecular weight is 473 g/mol. The van der Waals surface area contributed by atoms with Crippen LogP contribution in [0, 0.1) is 0 Å². The van der Waals surface area contributed by atoms with E-state index in [-0.39, 0.29) is 24.9 Å². The Morgan fingerprint density at radius 3 is 2.06 bits per heavy atom. The van der Waals surface area contributed by atoms with Gasteiger partial charge >= 0.3 is 12.1 Å². The van der Waals surface area contributed by atoms with Crippen molar-refractivity contribution in [3.05, 3.63) is 95.6 Å². The molecular formula is C28H28N2O5. The number of carboxylic acid groups (broad SMARTS) is 1. The number of hydrogen-bond donors (Lipinski definition) is 3. The third-order valence-corrected chi connectivity index (χ3v) is 6.17. The molecule has 0 spiro atoms. The van der Waals surface area contributed by atoms with Crippen LogP contribution < -0.4 is 10.6 Å². The predicted molar refractivity (Wildman–Crippen MR) is 132 cm³/mol. The van der Waals surface area contributed by atoms with Crippen LogP contribution in [0.25, 0.3) is 11.1 Å². The fourth-order valence-electron chi connectivity index (χ4n) is 4.41. The Labute approximate surface area is 204 Å². The van der Waals surface area contributed by atoms with Crippen LogP contribution in [0.3, 0.4) is 0 Å². The smallest absolute Gasteiger partial charge is 0.407 e. The van der Waals surface area contributed by atoms with E-state index in [9.17, 15) is 19.5 Å². The van der Waals surface area contributed by atoms with Crippen LogP contribution >= 0.6 is 0 Å². The molecule has 7 nitrogen and oxygen atoms in total. The number of hydrogen-bond acceptors (Lipinski definition) is 4. The molecule has 0 unspecified atom stereocenters. The summed E-state index contributed by atoms with van der Waals surface area (Å²) >= 11 is 0. The Kier molecular flexibility index (Phi) is 7.77. The van der Waals surface area contributed by atoms with Crippen LogP contribution in [0.5, 0.6) is 0 Å². The normalized spacial score (nSPS) is 12.8. The van der Waals surface area contributed by atoms with Crippen molar-refractivity contribution in [3.8, 4) is 11.1 Å². The molecule has 0 saturated heterocycles. The SMILES string of the molecule is O=C(N[C@@H](CCCCNC(=O)c1ccccc1)C(=O)O)OCC1c2ccccc2-c2ccccc21. The standard InChI is InChI=1S/C28H28N2O5/c31-26(19-10-2-1-3-11-19)29-17-9-8-16-25(27(32)33)30-28(34)35-18-24-22-14-6-4-12-20(22)21-13-5-7-15-23(21)24/h1-7,10-15,24-25H,8-9,16-18H2,(H,29,31)(H,30,34)(H,32,33)/t25-/m0/s1. The number of unbranched alkanes of at least 4 members (excludes halogenated alkanes) is 1. The first kappa shape index (κ1) is 24.0. The second kappa shape index (κ2) is 11.3. The molecule has 3 aromatic rings. The highest BCUT2D eigenvalue weighted by Crippen LogP contribution is 2.44. The number of amides is 2. The molecule has 0 aromatic heterocycles. The maximum Gasteiger partial charge on any atom is 0.407 e. The zero-order valence-electron chi connectivity index (χ0n) is 19.3. The molecule has 0 bridgehead atoms. The molecule has 0 radical (unpaired) electrons. The van der Waals surface area contributed by atoms with Gasteiger partial charge in [0.2, 0.25) is 0 Å². The first-order valence-electron chi connectivity index (χ1n) is 11.7. The highest BCUT2D eigenvalue weighted by molar-refractivity contribution is 5.94. The zero-order valence-corrected chi connectivity index (χ0v) is 19.3. The van der Waals surface area contributed by atoms with Gasteiger partial charge in [0.15, 0.2) is 0 Å². The van der Waals surface area contributed by atoms with Crippen molar-refractivity contribution in [2.24, 2.45) is 0 Å². The number of carbonyl (C=O) groups is 3. The summed E-state index contributed by atoms with van der Waals surface area (Å²) in [7, 11) is 0. The van der Waals surface area contributed by atoms with Crippen LogP contribution in [0.1, 0.15) is 46.7 Å². The maximum atomic E-state index is 12.4. The van der Waals surface area contributed by atoms with Crippen molar-refractivity contribution >= 4 is 18.0 Å². The molecule has 3 N–H and O–H groups in total. The lowest BCUT2D eigenvalue weighted by molar-refractivity contribution is -0.139. The van der Waals surface area contributed by atoms with Gasteiger partial charge in [-0.3, -0.25) is 4.79 Å². The van der Waals surface area contributed by atoms with E-state index in [1.165, 1.54) is 0 Å². The third-order valence-electron chi connectivity index (χ3n) is 6.17. The first-order chi connectivity index (χ1) is 17.0. The molecule has 1 atom stereocenters. The van der Waals surface area contributed by atoms with Crippen molar-refractivity contribution in [1.82, 2.24) is 10.6 Å². The molecule has 0 saturated carbocycles. The second-order valence-electron chi connectivity index (χ2n) is 8.48. The highest BCUT2D eigenvalue weighted by Gasteiger charge is 2.29. The van der Waals surface area contributed by atoms with Crippen LogP contribution in [0.2, 0.25) is 0 Å². The van der Waals surface area contributed by atoms with Crippen molar-refractivity contribution in [3.63, 3.8) is 0 Å². The van der Waals surface area contributed by atoms with E-state index in [4.69, 9.17) is 4.74 Å². The summed E-state index contributed by atoms with van der Waals surface area (Å²) in [4.78, 5) is 36.1. The van der Waals surface area contributed by atoms with E-state index in [2.05, 4.69) is 22.8 Å². The minimum absolute atomic E-state index is 0.0929. The summed E-state index contributed by atoms with van der Waals surface area (Å²) in [6, 6.07) is 23.9. The fourth-order valence-corrected chi connectivity index (χ4v) is 4.41. The molecule has 3 aromatic carbocycles. The van der Waals surface area contributed by atoms with Crippen molar-refractivity contribution in [1.29, 1.82) is 0 Å². The van der Waals surface area contributed by atoms with Gasteiger partial charge in [0.1, 0.15) is 12.6 Å². The van der Waals surface area contributed by atoms with E-state index in [1.807, 2.05) is 42.5 Å². The minimum Gasteiger partial charge on any atom is -0.480 e. The minimum atomic E-state index is -1.12. The number of rotatable bonds is 10. The zero-order chi connectivity index (χ0) is 24.6. The number of nitrogens with one attached hydrogen (secondary N) is 2. The predicted octanol–water partition coefficient (Wildman–Crippen LogP) is 4.58. The molecule has 2 amide bonds. The Balaban J connectivity index is 1.24. The number of carboxylic acids is 1. The largest absolute Gasteiger partial charge is 0.480 e. The summed E-state index contributed by atoms with van der Waals surface area (Å²) in [6.07, 6.45) is 0.599. The Morgan fingerprint density at radius 2 is 1.43 bits per heavy atom. The molecule has 7 heteroatoms. The van der Waals surface area contributed by atoms with Crippen LogP contribution in [0.15, 0.2) is 78.9 Å². The molecule has 35 heavy (non-hydrogen) atoms. The van der Waals surface area contributed by atoms with Gasteiger partial charge in [0.05, 0.1) is 0 Å². The number of fused-ring (bicyclic) bond motifs is 3. The second-order valence-corrected chi connectivity index (χ2v) is 8.48. The van der Waals surface area contributed by atoms with Crippen LogP contribution in [0.4, 0.5) is 4.79 Å². The summed E-state index contributed by atoms with van der Waals surface area (Å²) in [6.45, 7) is 0.544. The van der Waals surface area contributed by atoms with E-state index < -0.39 is 18.1 Å².